The van der Waals surface area contributed by atoms with E-state index in [0.717, 1.165) is 12.8 Å². The van der Waals surface area contributed by atoms with Gasteiger partial charge in [-0.05, 0) is 31.7 Å². The number of methoxy groups -OCH3 is 1. The summed E-state index contributed by atoms with van der Waals surface area (Å²) in [6.45, 7) is 3.49. The van der Waals surface area contributed by atoms with Gasteiger partial charge in [0.15, 0.2) is 0 Å². The number of nitrogens with one attached hydrogen (secondary N) is 2. The normalized spacial score (nSPS) is 17.5. The molecule has 5 nitrogen and oxygen atoms in total. The molecule has 2 amide bonds. The average Bonchev–Trinajstić information content (AvgIpc) is 3.03. The minimum Gasteiger partial charge on any atom is -0.391 e. The van der Waals surface area contributed by atoms with Crippen LogP contribution in [0.5, 0.6) is 0 Å². The van der Waals surface area contributed by atoms with Crippen LogP contribution in [0.15, 0.2) is 24.3 Å². The third kappa shape index (κ3) is 5.21. The van der Waals surface area contributed by atoms with E-state index in [0.29, 0.717) is 26.1 Å². The number of hydrogen-bond acceptors (Lipinski definition) is 3. The number of carbonyl (C=O) groups is 1. The van der Waals surface area contributed by atoms with Gasteiger partial charge in [0.25, 0.3) is 0 Å². The Balaban J connectivity index is 1.85. The molecule has 5 heteroatoms. The molecule has 1 unspecified atom stereocenters. The Morgan fingerprint density at radius 1 is 1.33 bits per heavy atom. The number of benzene rings is 1. The molecule has 24 heavy (non-hydrogen) atoms. The maximum absolute atomic E-state index is 12.0. The van der Waals surface area contributed by atoms with E-state index in [1.54, 1.807) is 7.11 Å². The van der Waals surface area contributed by atoms with Crippen LogP contribution >= 0.6 is 0 Å². The molecule has 134 valence electrons. The van der Waals surface area contributed by atoms with E-state index < -0.39 is 6.10 Å². The highest BCUT2D eigenvalue weighted by Gasteiger charge is 2.35. The van der Waals surface area contributed by atoms with Crippen molar-refractivity contribution in [3.63, 3.8) is 0 Å². The summed E-state index contributed by atoms with van der Waals surface area (Å²) in [4.78, 5) is 12.0. The Morgan fingerprint density at radius 3 is 2.75 bits per heavy atom. The van der Waals surface area contributed by atoms with Crippen molar-refractivity contribution in [2.45, 2.75) is 50.5 Å². The van der Waals surface area contributed by atoms with Crippen molar-refractivity contribution in [3.05, 3.63) is 35.4 Å². The molecule has 0 heterocycles. The summed E-state index contributed by atoms with van der Waals surface area (Å²) in [6.07, 6.45) is 4.60. The van der Waals surface area contributed by atoms with Crippen molar-refractivity contribution in [2.24, 2.45) is 0 Å². The highest BCUT2D eigenvalue weighted by atomic mass is 16.5. The smallest absolute Gasteiger partial charge is 0.314 e. The lowest BCUT2D eigenvalue weighted by atomic mass is 9.78. The third-order valence-electron chi connectivity index (χ3n) is 4.90. The van der Waals surface area contributed by atoms with Gasteiger partial charge in [-0.15, -0.1) is 0 Å². The zero-order valence-corrected chi connectivity index (χ0v) is 14.8. The molecule has 2 rings (SSSR count). The average molecular weight is 334 g/mol. The van der Waals surface area contributed by atoms with Crippen LogP contribution in [-0.2, 0) is 10.2 Å². The van der Waals surface area contributed by atoms with Gasteiger partial charge in [-0.3, -0.25) is 0 Å². The molecule has 3 N–H and O–H groups in total. The van der Waals surface area contributed by atoms with Gasteiger partial charge in [0, 0.05) is 25.6 Å². The summed E-state index contributed by atoms with van der Waals surface area (Å²) in [5.74, 6) is 0. The largest absolute Gasteiger partial charge is 0.391 e. The summed E-state index contributed by atoms with van der Waals surface area (Å²) >= 11 is 0. The number of aliphatic hydroxyl groups is 1. The predicted molar refractivity (Wildman–Crippen MR) is 95.2 cm³/mol. The number of urea groups is 1. The highest BCUT2D eigenvalue weighted by molar-refractivity contribution is 5.74. The van der Waals surface area contributed by atoms with Gasteiger partial charge in [0.1, 0.15) is 0 Å². The Kier molecular flexibility index (Phi) is 7.06. The van der Waals surface area contributed by atoms with Crippen molar-refractivity contribution >= 4 is 6.03 Å². The fourth-order valence-electron chi connectivity index (χ4n) is 3.53. The maximum atomic E-state index is 12.0. The predicted octanol–water partition coefficient (Wildman–Crippen LogP) is 2.50. The Morgan fingerprint density at radius 2 is 2.08 bits per heavy atom. The number of aryl methyl sites for hydroxylation is 1. The molecule has 0 spiro atoms. The second-order valence-electron chi connectivity index (χ2n) is 6.86. The van der Waals surface area contributed by atoms with E-state index in [-0.39, 0.29) is 11.4 Å². The van der Waals surface area contributed by atoms with E-state index in [1.807, 2.05) is 0 Å². The zero-order chi connectivity index (χ0) is 17.4. The van der Waals surface area contributed by atoms with Crippen LogP contribution in [0.4, 0.5) is 4.79 Å². The number of rotatable bonds is 8. The second kappa shape index (κ2) is 9.04. The summed E-state index contributed by atoms with van der Waals surface area (Å²) in [6, 6.07) is 8.46. The van der Waals surface area contributed by atoms with Crippen molar-refractivity contribution in [1.82, 2.24) is 10.6 Å². The molecule has 0 aromatic heterocycles. The van der Waals surface area contributed by atoms with Gasteiger partial charge >= 0.3 is 6.03 Å². The summed E-state index contributed by atoms with van der Waals surface area (Å²) in [5, 5.41) is 15.4. The van der Waals surface area contributed by atoms with Crippen LogP contribution in [0.1, 0.15) is 43.2 Å². The molecular weight excluding hydrogens is 304 g/mol. The molecule has 1 aliphatic rings. The van der Waals surface area contributed by atoms with E-state index >= 15 is 0 Å². The first-order valence-corrected chi connectivity index (χ1v) is 8.81. The van der Waals surface area contributed by atoms with Gasteiger partial charge in [-0.1, -0.05) is 42.7 Å². The fraction of sp³-hybridized carbons (Fsp3) is 0.632. The van der Waals surface area contributed by atoms with Crippen LogP contribution < -0.4 is 10.6 Å². The van der Waals surface area contributed by atoms with Crippen molar-refractivity contribution in [3.8, 4) is 0 Å². The topological polar surface area (TPSA) is 70.6 Å². The summed E-state index contributed by atoms with van der Waals surface area (Å²) < 4.78 is 4.87. The van der Waals surface area contributed by atoms with Crippen LogP contribution in [0.2, 0.25) is 0 Å². The van der Waals surface area contributed by atoms with Gasteiger partial charge in [0.05, 0.1) is 12.7 Å². The van der Waals surface area contributed by atoms with Gasteiger partial charge in [-0.25, -0.2) is 4.79 Å². The van der Waals surface area contributed by atoms with Crippen molar-refractivity contribution < 1.29 is 14.6 Å². The number of aliphatic hydroxyl groups excluding tert-OH is 1. The Labute approximate surface area is 144 Å². The first kappa shape index (κ1) is 18.7. The quantitative estimate of drug-likeness (QED) is 0.684. The minimum atomic E-state index is -0.538. The van der Waals surface area contributed by atoms with Gasteiger partial charge < -0.3 is 20.5 Å². The molecular formula is C19H30N2O3. The molecule has 0 saturated heterocycles. The first-order chi connectivity index (χ1) is 11.6. The lowest BCUT2D eigenvalue weighted by molar-refractivity contribution is 0.0598. The number of ether oxygens (including phenoxy) is 1. The van der Waals surface area contributed by atoms with Gasteiger partial charge in [0.2, 0.25) is 0 Å². The summed E-state index contributed by atoms with van der Waals surface area (Å²) in [5.41, 5.74) is 2.64. The second-order valence-corrected chi connectivity index (χ2v) is 6.86. The fourth-order valence-corrected chi connectivity index (χ4v) is 3.53. The SMILES string of the molecule is COCC(O)CCNC(=O)NCC1(c2cccc(C)c2)CCCC1. The molecule has 0 aliphatic heterocycles. The lowest BCUT2D eigenvalue weighted by Gasteiger charge is -2.30. The molecule has 0 radical (unpaired) electrons. The molecule has 1 aromatic carbocycles. The molecule has 1 aliphatic carbocycles. The van der Waals surface area contributed by atoms with E-state index in [2.05, 4.69) is 41.8 Å². The van der Waals surface area contributed by atoms with Gasteiger partial charge in [-0.2, -0.15) is 0 Å². The molecule has 1 fully saturated rings. The first-order valence-electron chi connectivity index (χ1n) is 8.81. The Hall–Kier alpha value is -1.59. The van der Waals surface area contributed by atoms with E-state index in [4.69, 9.17) is 4.74 Å². The van der Waals surface area contributed by atoms with Crippen LogP contribution in [0, 0.1) is 6.92 Å². The van der Waals surface area contributed by atoms with Crippen LogP contribution in [0.25, 0.3) is 0 Å². The van der Waals surface area contributed by atoms with Crippen molar-refractivity contribution in [1.29, 1.82) is 0 Å². The molecule has 0 bridgehead atoms. The zero-order valence-electron chi connectivity index (χ0n) is 14.8. The van der Waals surface area contributed by atoms with E-state index in [1.165, 1.54) is 24.0 Å². The van der Waals surface area contributed by atoms with Crippen molar-refractivity contribution in [2.75, 3.05) is 26.8 Å². The highest BCUT2D eigenvalue weighted by Crippen LogP contribution is 2.40. The molecule has 1 saturated carbocycles. The molecule has 1 aromatic rings. The van der Waals surface area contributed by atoms with Crippen LogP contribution in [0.3, 0.4) is 0 Å². The Bertz CT molecular complexity index is 527. The minimum absolute atomic E-state index is 0.0545. The number of hydrogen-bond donors (Lipinski definition) is 3. The number of carbonyl (C=O) groups excluding carboxylic acids is 1. The number of amides is 2. The van der Waals surface area contributed by atoms with E-state index in [9.17, 15) is 9.90 Å². The third-order valence-corrected chi connectivity index (χ3v) is 4.90. The summed E-state index contributed by atoms with van der Waals surface area (Å²) in [7, 11) is 1.55. The standard InChI is InChI=1S/C19H30N2O3/c1-15-6-5-7-16(12-15)19(9-3-4-10-19)14-21-18(23)20-11-8-17(22)13-24-2/h5-7,12,17,22H,3-4,8-11,13-14H2,1-2H3,(H2,20,21,23). The lowest BCUT2D eigenvalue weighted by Crippen LogP contribution is -2.44. The molecule has 1 atom stereocenters. The monoisotopic (exact) mass is 334 g/mol. The van der Waals surface area contributed by atoms with Crippen LogP contribution in [-0.4, -0.2) is 44.0 Å². The maximum Gasteiger partial charge on any atom is 0.314 e.